The summed E-state index contributed by atoms with van der Waals surface area (Å²) in [5.74, 6) is 0. The maximum Gasteiger partial charge on any atom is 0.0467 e. The van der Waals surface area contributed by atoms with Crippen LogP contribution in [0, 0.1) is 0 Å². The van der Waals surface area contributed by atoms with E-state index in [9.17, 15) is 0 Å². The molecule has 0 amide bonds. The van der Waals surface area contributed by atoms with E-state index in [1.54, 1.807) is 0 Å². The van der Waals surface area contributed by atoms with Gasteiger partial charge in [0.2, 0.25) is 0 Å². The van der Waals surface area contributed by atoms with E-state index < -0.39 is 0 Å². The Hall–Kier alpha value is -5.60. The summed E-state index contributed by atoms with van der Waals surface area (Å²) in [6.45, 7) is 2.31. The lowest BCUT2D eigenvalue weighted by Crippen LogP contribution is -2.19. The summed E-state index contributed by atoms with van der Waals surface area (Å²) >= 11 is 0. The highest BCUT2D eigenvalue weighted by Gasteiger charge is 2.23. The highest BCUT2D eigenvalue weighted by atomic mass is 15.1. The minimum Gasteiger partial charge on any atom is -0.345 e. The average Bonchev–Trinajstić information content (AvgIpc) is 3.13. The molecule has 46 heavy (non-hydrogen) atoms. The summed E-state index contributed by atoms with van der Waals surface area (Å²) in [6.07, 6.45) is 9.88. The Morgan fingerprint density at radius 2 is 0.935 bits per heavy atom. The second-order valence-electron chi connectivity index (χ2n) is 12.2. The maximum atomic E-state index is 2.35. The minimum atomic E-state index is 0.0482. The first-order valence-electron chi connectivity index (χ1n) is 16.0. The number of nitrogens with zero attached hydrogens (tertiary/aromatic N) is 2. The van der Waals surface area contributed by atoms with Gasteiger partial charge in [-0.15, -0.1) is 0 Å². The van der Waals surface area contributed by atoms with Crippen LogP contribution in [-0.4, -0.2) is 7.05 Å². The first-order chi connectivity index (χ1) is 22.6. The van der Waals surface area contributed by atoms with Crippen molar-refractivity contribution in [1.82, 2.24) is 0 Å². The van der Waals surface area contributed by atoms with Crippen LogP contribution in [0.3, 0.4) is 0 Å². The lowest BCUT2D eigenvalue weighted by Gasteiger charge is -2.29. The normalized spacial score (nSPS) is 15.4. The first-order valence-corrected chi connectivity index (χ1v) is 16.0. The molecule has 0 bridgehead atoms. The molecule has 1 atom stereocenters. The highest BCUT2D eigenvalue weighted by molar-refractivity contribution is 5.83. The van der Waals surface area contributed by atoms with Crippen LogP contribution in [0.5, 0.6) is 0 Å². The van der Waals surface area contributed by atoms with E-state index in [0.717, 1.165) is 29.2 Å². The van der Waals surface area contributed by atoms with E-state index in [4.69, 9.17) is 0 Å². The Balaban J connectivity index is 1.23. The predicted octanol–water partition coefficient (Wildman–Crippen LogP) is 12.0. The quantitative estimate of drug-likeness (QED) is 0.173. The molecule has 0 saturated heterocycles. The van der Waals surface area contributed by atoms with E-state index in [0.29, 0.717) is 0 Å². The third-order valence-corrected chi connectivity index (χ3v) is 9.09. The molecule has 224 valence electrons. The van der Waals surface area contributed by atoms with Gasteiger partial charge in [0.25, 0.3) is 0 Å². The number of allylic oxidation sites excluding steroid dienone is 4. The molecule has 1 aliphatic carbocycles. The molecule has 6 aromatic rings. The number of hydrogen-bond acceptors (Lipinski definition) is 2. The van der Waals surface area contributed by atoms with Gasteiger partial charge in [0.1, 0.15) is 0 Å². The van der Waals surface area contributed by atoms with Crippen LogP contribution in [0.4, 0.5) is 28.4 Å². The molecular formula is C44H38N2. The van der Waals surface area contributed by atoms with Crippen LogP contribution in [0.2, 0.25) is 0 Å². The van der Waals surface area contributed by atoms with Gasteiger partial charge in [0.05, 0.1) is 0 Å². The van der Waals surface area contributed by atoms with Crippen LogP contribution < -0.4 is 9.80 Å². The molecule has 1 unspecified atom stereocenters. The summed E-state index contributed by atoms with van der Waals surface area (Å²) in [7, 11) is 2.14. The second-order valence-corrected chi connectivity index (χ2v) is 12.2. The zero-order valence-corrected chi connectivity index (χ0v) is 26.4. The van der Waals surface area contributed by atoms with Crippen LogP contribution in [0.15, 0.2) is 182 Å². The van der Waals surface area contributed by atoms with Gasteiger partial charge in [-0.2, -0.15) is 0 Å². The van der Waals surface area contributed by atoms with Crippen molar-refractivity contribution < 1.29 is 0 Å². The molecule has 0 fully saturated rings. The summed E-state index contributed by atoms with van der Waals surface area (Å²) in [5.41, 5.74) is 11.8. The fourth-order valence-electron chi connectivity index (χ4n) is 6.34. The van der Waals surface area contributed by atoms with Gasteiger partial charge in [0, 0.05) is 40.9 Å². The Kier molecular flexibility index (Phi) is 8.10. The summed E-state index contributed by atoms with van der Waals surface area (Å²) < 4.78 is 0. The molecule has 1 aliphatic rings. The Morgan fingerprint density at radius 1 is 0.457 bits per heavy atom. The monoisotopic (exact) mass is 594 g/mol. The summed E-state index contributed by atoms with van der Waals surface area (Å²) in [6, 6.07) is 56.7. The summed E-state index contributed by atoms with van der Waals surface area (Å²) in [4.78, 5) is 4.60. The fraction of sp³-hybridized carbons (Fsp3) is 0.0909. The number of anilines is 5. The van der Waals surface area contributed by atoms with E-state index in [2.05, 4.69) is 206 Å². The standard InChI is InChI=1S/C44H38N2/c1-44(30-10-5-11-31-44)38-22-24-39(25-23-38)45(2)40-26-28-41(29-27-40)46(42-20-12-18-36(32-42)34-14-6-3-7-15-34)43-21-13-19-37(33-43)35-16-8-4-9-17-35/h3-30,32-33H,31H2,1-2H3. The first kappa shape index (κ1) is 29.1. The molecule has 6 aromatic carbocycles. The predicted molar refractivity (Wildman–Crippen MR) is 197 cm³/mol. The van der Waals surface area contributed by atoms with Gasteiger partial charge in [-0.3, -0.25) is 0 Å². The van der Waals surface area contributed by atoms with Crippen LogP contribution in [0.1, 0.15) is 18.9 Å². The van der Waals surface area contributed by atoms with Crippen molar-refractivity contribution in [2.24, 2.45) is 0 Å². The lowest BCUT2D eigenvalue weighted by molar-refractivity contribution is 0.600. The molecule has 0 aromatic heterocycles. The molecule has 0 heterocycles. The third kappa shape index (κ3) is 6.03. The van der Waals surface area contributed by atoms with Gasteiger partial charge in [-0.1, -0.05) is 128 Å². The minimum absolute atomic E-state index is 0.0482. The van der Waals surface area contributed by atoms with Crippen LogP contribution >= 0.6 is 0 Å². The molecule has 0 saturated carbocycles. The van der Waals surface area contributed by atoms with E-state index >= 15 is 0 Å². The second kappa shape index (κ2) is 12.8. The van der Waals surface area contributed by atoms with E-state index in [-0.39, 0.29) is 5.41 Å². The van der Waals surface area contributed by atoms with E-state index in [1.807, 2.05) is 0 Å². The highest BCUT2D eigenvalue weighted by Crippen LogP contribution is 2.39. The number of hydrogen-bond donors (Lipinski definition) is 0. The maximum absolute atomic E-state index is 2.35. The van der Waals surface area contributed by atoms with Crippen LogP contribution in [0.25, 0.3) is 22.3 Å². The van der Waals surface area contributed by atoms with Crippen molar-refractivity contribution in [2.75, 3.05) is 16.8 Å². The summed E-state index contributed by atoms with van der Waals surface area (Å²) in [5, 5.41) is 0. The number of rotatable bonds is 8. The molecule has 0 radical (unpaired) electrons. The molecule has 0 N–H and O–H groups in total. The molecule has 0 aliphatic heterocycles. The molecular weight excluding hydrogens is 556 g/mol. The molecule has 2 nitrogen and oxygen atoms in total. The smallest absolute Gasteiger partial charge is 0.0467 e. The average molecular weight is 595 g/mol. The van der Waals surface area contributed by atoms with Crippen molar-refractivity contribution in [1.29, 1.82) is 0 Å². The Morgan fingerprint density at radius 3 is 1.43 bits per heavy atom. The Labute approximate surface area is 273 Å². The van der Waals surface area contributed by atoms with Gasteiger partial charge in [0.15, 0.2) is 0 Å². The lowest BCUT2D eigenvalue weighted by atomic mass is 9.77. The number of benzene rings is 6. The largest absolute Gasteiger partial charge is 0.345 e. The van der Waals surface area contributed by atoms with E-state index in [1.165, 1.54) is 33.5 Å². The van der Waals surface area contributed by atoms with Crippen LogP contribution in [-0.2, 0) is 5.41 Å². The Bertz CT molecular complexity index is 1890. The van der Waals surface area contributed by atoms with Gasteiger partial charge in [-0.05, 0) is 94.9 Å². The third-order valence-electron chi connectivity index (χ3n) is 9.09. The zero-order valence-electron chi connectivity index (χ0n) is 26.4. The van der Waals surface area contributed by atoms with Crippen molar-refractivity contribution in [2.45, 2.75) is 18.8 Å². The molecule has 2 heteroatoms. The van der Waals surface area contributed by atoms with Crippen molar-refractivity contribution in [3.05, 3.63) is 188 Å². The SMILES string of the molecule is CN(c1ccc(N(c2cccc(-c3ccccc3)c2)c2cccc(-c3ccccc3)c2)cc1)c1ccc(C2(C)C=CC=CC2)cc1. The van der Waals surface area contributed by atoms with Gasteiger partial charge < -0.3 is 9.80 Å². The topological polar surface area (TPSA) is 6.48 Å². The van der Waals surface area contributed by atoms with Crippen molar-refractivity contribution in [3.8, 4) is 22.3 Å². The van der Waals surface area contributed by atoms with Crippen molar-refractivity contribution in [3.63, 3.8) is 0 Å². The van der Waals surface area contributed by atoms with Gasteiger partial charge in [-0.25, -0.2) is 0 Å². The van der Waals surface area contributed by atoms with Gasteiger partial charge >= 0.3 is 0 Å². The van der Waals surface area contributed by atoms with Crippen molar-refractivity contribution >= 4 is 28.4 Å². The molecule has 7 rings (SSSR count). The fourth-order valence-corrected chi connectivity index (χ4v) is 6.34. The zero-order chi connectivity index (χ0) is 31.3. The molecule has 0 spiro atoms.